The molecule has 0 saturated heterocycles. The fourth-order valence-electron chi connectivity index (χ4n) is 3.34. The number of nitrogens with zero attached hydrogens (tertiary/aromatic N) is 1. The van der Waals surface area contributed by atoms with Gasteiger partial charge in [0.2, 0.25) is 0 Å². The van der Waals surface area contributed by atoms with Crippen LogP contribution in [0, 0.1) is 5.92 Å². The Morgan fingerprint density at radius 3 is 2.32 bits per heavy atom. The smallest absolute Gasteiger partial charge is 0.0223 e. The van der Waals surface area contributed by atoms with E-state index in [0.717, 1.165) is 24.5 Å². The Labute approximate surface area is 121 Å². The van der Waals surface area contributed by atoms with Crippen LogP contribution in [0.1, 0.15) is 72.6 Å². The van der Waals surface area contributed by atoms with Crippen LogP contribution < -0.4 is 5.32 Å². The van der Waals surface area contributed by atoms with E-state index in [1.54, 1.807) is 0 Å². The molecule has 1 rings (SSSR count). The van der Waals surface area contributed by atoms with E-state index in [-0.39, 0.29) is 0 Å². The van der Waals surface area contributed by atoms with Gasteiger partial charge in [0, 0.05) is 18.6 Å². The molecular weight excluding hydrogens is 232 g/mol. The van der Waals surface area contributed by atoms with Gasteiger partial charge in [-0.1, -0.05) is 47.0 Å². The van der Waals surface area contributed by atoms with Gasteiger partial charge >= 0.3 is 0 Å². The fourth-order valence-corrected chi connectivity index (χ4v) is 3.34. The summed E-state index contributed by atoms with van der Waals surface area (Å²) in [6, 6.07) is 1.63. The monoisotopic (exact) mass is 268 g/mol. The van der Waals surface area contributed by atoms with Gasteiger partial charge in [-0.05, 0) is 44.7 Å². The molecular formula is C17H36N2. The van der Waals surface area contributed by atoms with Crippen molar-refractivity contribution in [1.82, 2.24) is 10.2 Å². The maximum atomic E-state index is 3.58. The Morgan fingerprint density at radius 1 is 1.11 bits per heavy atom. The minimum absolute atomic E-state index is 0.756. The van der Waals surface area contributed by atoms with Crippen LogP contribution in [0.3, 0.4) is 0 Å². The first-order valence-corrected chi connectivity index (χ1v) is 8.65. The van der Waals surface area contributed by atoms with Crippen LogP contribution in [-0.2, 0) is 0 Å². The molecule has 0 radical (unpaired) electrons. The summed E-state index contributed by atoms with van der Waals surface area (Å²) in [6.45, 7) is 12.8. The first kappa shape index (κ1) is 17.0. The van der Waals surface area contributed by atoms with Gasteiger partial charge in [-0.25, -0.2) is 0 Å². The third kappa shape index (κ3) is 6.27. The van der Waals surface area contributed by atoms with Crippen molar-refractivity contribution >= 4 is 0 Å². The zero-order valence-corrected chi connectivity index (χ0v) is 13.8. The van der Waals surface area contributed by atoms with Crippen molar-refractivity contribution in [3.63, 3.8) is 0 Å². The van der Waals surface area contributed by atoms with E-state index in [4.69, 9.17) is 0 Å². The van der Waals surface area contributed by atoms with E-state index < -0.39 is 0 Å². The molecule has 1 fully saturated rings. The molecule has 1 N–H and O–H groups in total. The van der Waals surface area contributed by atoms with Gasteiger partial charge in [-0.15, -0.1) is 0 Å². The van der Waals surface area contributed by atoms with Crippen LogP contribution in [0.2, 0.25) is 0 Å². The number of hydrogen-bond donors (Lipinski definition) is 1. The average Bonchev–Trinajstić information content (AvgIpc) is 2.89. The topological polar surface area (TPSA) is 15.3 Å². The first-order chi connectivity index (χ1) is 9.19. The predicted molar refractivity (Wildman–Crippen MR) is 85.7 cm³/mol. The van der Waals surface area contributed by atoms with Crippen LogP contribution in [0.25, 0.3) is 0 Å². The van der Waals surface area contributed by atoms with Crippen LogP contribution >= 0.6 is 0 Å². The maximum Gasteiger partial charge on any atom is 0.0223 e. The molecule has 0 aromatic carbocycles. The molecule has 0 bridgehead atoms. The molecule has 0 spiro atoms. The third-order valence-corrected chi connectivity index (χ3v) is 4.48. The van der Waals surface area contributed by atoms with Crippen LogP contribution in [-0.4, -0.2) is 36.6 Å². The second-order valence-corrected chi connectivity index (χ2v) is 6.61. The van der Waals surface area contributed by atoms with Gasteiger partial charge in [0.05, 0.1) is 0 Å². The summed E-state index contributed by atoms with van der Waals surface area (Å²) in [5.74, 6) is 0.824. The van der Waals surface area contributed by atoms with Gasteiger partial charge in [-0.3, -0.25) is 4.90 Å². The van der Waals surface area contributed by atoms with Crippen molar-refractivity contribution in [2.45, 2.75) is 84.7 Å². The molecule has 2 nitrogen and oxygen atoms in total. The predicted octanol–water partition coefficient (Wildman–Crippen LogP) is 4.06. The fraction of sp³-hybridized carbons (Fsp3) is 1.00. The molecule has 0 aromatic rings. The van der Waals surface area contributed by atoms with Crippen molar-refractivity contribution in [1.29, 1.82) is 0 Å². The van der Waals surface area contributed by atoms with Gasteiger partial charge in [0.1, 0.15) is 0 Å². The third-order valence-electron chi connectivity index (χ3n) is 4.48. The molecule has 0 heterocycles. The molecule has 1 saturated carbocycles. The van der Waals surface area contributed by atoms with Crippen molar-refractivity contribution in [2.24, 2.45) is 5.92 Å². The lowest BCUT2D eigenvalue weighted by molar-refractivity contribution is 0.118. The minimum atomic E-state index is 0.756. The standard InChI is InChI=1S/C17H36N2/c1-5-9-17(14-18-6-2)19(13-12-15(3)4)16-10-7-8-11-16/h15-18H,5-14H2,1-4H3. The summed E-state index contributed by atoms with van der Waals surface area (Å²) in [4.78, 5) is 2.86. The maximum absolute atomic E-state index is 3.58. The summed E-state index contributed by atoms with van der Waals surface area (Å²) >= 11 is 0. The molecule has 1 aliphatic carbocycles. The van der Waals surface area contributed by atoms with Crippen molar-refractivity contribution in [3.05, 3.63) is 0 Å². The zero-order valence-electron chi connectivity index (χ0n) is 13.8. The first-order valence-electron chi connectivity index (χ1n) is 8.65. The molecule has 19 heavy (non-hydrogen) atoms. The quantitative estimate of drug-likeness (QED) is 0.643. The van der Waals surface area contributed by atoms with Crippen LogP contribution in [0.4, 0.5) is 0 Å². The van der Waals surface area contributed by atoms with Gasteiger partial charge in [-0.2, -0.15) is 0 Å². The van der Waals surface area contributed by atoms with Gasteiger partial charge in [0.15, 0.2) is 0 Å². The van der Waals surface area contributed by atoms with E-state index in [1.165, 1.54) is 58.0 Å². The summed E-state index contributed by atoms with van der Waals surface area (Å²) < 4.78 is 0. The summed E-state index contributed by atoms with van der Waals surface area (Å²) in [5, 5.41) is 3.58. The zero-order chi connectivity index (χ0) is 14.1. The highest BCUT2D eigenvalue weighted by atomic mass is 15.2. The Morgan fingerprint density at radius 2 is 1.79 bits per heavy atom. The molecule has 1 atom stereocenters. The van der Waals surface area contributed by atoms with Crippen molar-refractivity contribution in [3.8, 4) is 0 Å². The lowest BCUT2D eigenvalue weighted by Crippen LogP contribution is -2.47. The number of hydrogen-bond acceptors (Lipinski definition) is 2. The lowest BCUT2D eigenvalue weighted by atomic mass is 10.0. The van der Waals surface area contributed by atoms with E-state index >= 15 is 0 Å². The average molecular weight is 268 g/mol. The van der Waals surface area contributed by atoms with Crippen molar-refractivity contribution < 1.29 is 0 Å². The van der Waals surface area contributed by atoms with Crippen LogP contribution in [0.5, 0.6) is 0 Å². The Bertz CT molecular complexity index is 209. The molecule has 1 unspecified atom stereocenters. The van der Waals surface area contributed by atoms with E-state index in [0.29, 0.717) is 0 Å². The van der Waals surface area contributed by atoms with Gasteiger partial charge < -0.3 is 5.32 Å². The molecule has 1 aliphatic rings. The second kappa shape index (κ2) is 9.77. The van der Waals surface area contributed by atoms with Gasteiger partial charge in [0.25, 0.3) is 0 Å². The highest BCUT2D eigenvalue weighted by molar-refractivity contribution is 4.84. The number of rotatable bonds is 10. The Kier molecular flexibility index (Phi) is 8.72. The lowest BCUT2D eigenvalue weighted by Gasteiger charge is -2.37. The molecule has 2 heteroatoms. The highest BCUT2D eigenvalue weighted by Gasteiger charge is 2.27. The summed E-state index contributed by atoms with van der Waals surface area (Å²) in [5.41, 5.74) is 0. The SMILES string of the molecule is CCCC(CNCC)N(CCC(C)C)C1CCCC1. The second-order valence-electron chi connectivity index (χ2n) is 6.61. The van der Waals surface area contributed by atoms with Crippen LogP contribution in [0.15, 0.2) is 0 Å². The minimum Gasteiger partial charge on any atom is -0.315 e. The Hall–Kier alpha value is -0.0800. The number of likely N-dealkylation sites (N-methyl/N-ethyl adjacent to an activating group) is 1. The van der Waals surface area contributed by atoms with E-state index in [2.05, 4.69) is 37.9 Å². The summed E-state index contributed by atoms with van der Waals surface area (Å²) in [7, 11) is 0. The summed E-state index contributed by atoms with van der Waals surface area (Å²) in [6.07, 6.45) is 9.77. The molecule has 114 valence electrons. The van der Waals surface area contributed by atoms with E-state index in [1.807, 2.05) is 0 Å². The molecule has 0 aliphatic heterocycles. The molecule has 0 aromatic heterocycles. The normalized spacial score (nSPS) is 18.6. The largest absolute Gasteiger partial charge is 0.315 e. The Balaban J connectivity index is 2.59. The van der Waals surface area contributed by atoms with Crippen molar-refractivity contribution in [2.75, 3.05) is 19.6 Å². The highest BCUT2D eigenvalue weighted by Crippen LogP contribution is 2.27. The number of nitrogens with one attached hydrogen (secondary N) is 1. The van der Waals surface area contributed by atoms with E-state index in [9.17, 15) is 0 Å². The molecule has 0 amide bonds.